The Balaban J connectivity index is 2.18. The summed E-state index contributed by atoms with van der Waals surface area (Å²) in [6, 6.07) is 11.6. The van der Waals surface area contributed by atoms with Crippen molar-refractivity contribution < 1.29 is 4.79 Å². The standard InChI is InChI=1S/C12H8BrIOS/c13-12-6-5-8(16-12)7-11(15)9-3-1-2-4-10(9)14/h1-6H,7H2. The summed E-state index contributed by atoms with van der Waals surface area (Å²) in [4.78, 5) is 13.1. The molecule has 2 rings (SSSR count). The van der Waals surface area contributed by atoms with Crippen LogP contribution in [0.4, 0.5) is 0 Å². The monoisotopic (exact) mass is 406 g/mol. The van der Waals surface area contributed by atoms with Gasteiger partial charge in [-0.25, -0.2) is 0 Å². The van der Waals surface area contributed by atoms with E-state index in [1.165, 1.54) is 0 Å². The molecule has 0 aliphatic carbocycles. The van der Waals surface area contributed by atoms with Crippen LogP contribution >= 0.6 is 49.9 Å². The predicted molar refractivity (Wildman–Crippen MR) is 79.2 cm³/mol. The van der Waals surface area contributed by atoms with Crippen LogP contribution in [0.1, 0.15) is 15.2 Å². The lowest BCUT2D eigenvalue weighted by molar-refractivity contribution is 0.0993. The highest BCUT2D eigenvalue weighted by Crippen LogP contribution is 2.24. The zero-order valence-electron chi connectivity index (χ0n) is 8.24. The minimum absolute atomic E-state index is 0.180. The average molecular weight is 407 g/mol. The van der Waals surface area contributed by atoms with E-state index < -0.39 is 0 Å². The Kier molecular flexibility index (Phi) is 4.16. The van der Waals surface area contributed by atoms with Crippen molar-refractivity contribution in [3.05, 3.63) is 54.2 Å². The first-order chi connectivity index (χ1) is 7.66. The largest absolute Gasteiger partial charge is 0.294 e. The Morgan fingerprint density at radius 2 is 2.00 bits per heavy atom. The molecule has 1 aromatic carbocycles. The smallest absolute Gasteiger partial charge is 0.169 e. The molecule has 1 aromatic heterocycles. The van der Waals surface area contributed by atoms with Gasteiger partial charge in [0.1, 0.15) is 0 Å². The molecule has 0 atom stereocenters. The number of thiophene rings is 1. The van der Waals surface area contributed by atoms with Crippen molar-refractivity contribution >= 4 is 55.6 Å². The fraction of sp³-hybridized carbons (Fsp3) is 0.0833. The molecule has 0 radical (unpaired) electrons. The van der Waals surface area contributed by atoms with E-state index in [2.05, 4.69) is 38.5 Å². The summed E-state index contributed by atoms with van der Waals surface area (Å²) < 4.78 is 2.08. The molecule has 0 spiro atoms. The van der Waals surface area contributed by atoms with Gasteiger partial charge in [-0.3, -0.25) is 4.79 Å². The third-order valence-electron chi connectivity index (χ3n) is 2.14. The lowest BCUT2D eigenvalue weighted by Gasteiger charge is -2.01. The molecule has 0 fully saturated rings. The second-order valence-electron chi connectivity index (χ2n) is 3.29. The molecule has 16 heavy (non-hydrogen) atoms. The number of carbonyl (C=O) groups is 1. The Morgan fingerprint density at radius 3 is 2.62 bits per heavy atom. The van der Waals surface area contributed by atoms with Crippen LogP contribution in [-0.2, 0) is 6.42 Å². The number of halogens is 2. The summed E-state index contributed by atoms with van der Waals surface area (Å²) in [6.45, 7) is 0. The lowest BCUT2D eigenvalue weighted by atomic mass is 10.1. The van der Waals surface area contributed by atoms with Gasteiger partial charge in [0.25, 0.3) is 0 Å². The van der Waals surface area contributed by atoms with Crippen LogP contribution in [0.25, 0.3) is 0 Å². The molecule has 82 valence electrons. The molecule has 1 heterocycles. The third-order valence-corrected chi connectivity index (χ3v) is 4.70. The van der Waals surface area contributed by atoms with Gasteiger partial charge in [0.05, 0.1) is 3.79 Å². The molecule has 0 saturated carbocycles. The van der Waals surface area contributed by atoms with Crippen LogP contribution in [-0.4, -0.2) is 5.78 Å². The Labute approximate surface area is 120 Å². The van der Waals surface area contributed by atoms with Gasteiger partial charge in [-0.05, 0) is 56.7 Å². The van der Waals surface area contributed by atoms with Crippen LogP contribution in [0.3, 0.4) is 0 Å². The molecule has 0 unspecified atom stereocenters. The maximum atomic E-state index is 12.0. The maximum absolute atomic E-state index is 12.0. The summed E-state index contributed by atoms with van der Waals surface area (Å²) in [5, 5.41) is 0. The maximum Gasteiger partial charge on any atom is 0.169 e. The lowest BCUT2D eigenvalue weighted by Crippen LogP contribution is -2.04. The summed E-state index contributed by atoms with van der Waals surface area (Å²) in [5.74, 6) is 0.180. The highest BCUT2D eigenvalue weighted by Gasteiger charge is 2.11. The number of benzene rings is 1. The fourth-order valence-corrected chi connectivity index (χ4v) is 3.56. The highest BCUT2D eigenvalue weighted by molar-refractivity contribution is 14.1. The second-order valence-corrected chi connectivity index (χ2v) is 7.00. The van der Waals surface area contributed by atoms with Crippen LogP contribution in [0.5, 0.6) is 0 Å². The van der Waals surface area contributed by atoms with E-state index in [0.717, 1.165) is 17.8 Å². The van der Waals surface area contributed by atoms with Gasteiger partial charge in [0, 0.05) is 20.4 Å². The van der Waals surface area contributed by atoms with Gasteiger partial charge in [-0.2, -0.15) is 0 Å². The van der Waals surface area contributed by atoms with Crippen LogP contribution in [0, 0.1) is 3.57 Å². The molecule has 0 saturated heterocycles. The van der Waals surface area contributed by atoms with E-state index >= 15 is 0 Å². The number of ketones is 1. The first kappa shape index (κ1) is 12.3. The van der Waals surface area contributed by atoms with Gasteiger partial charge in [0.2, 0.25) is 0 Å². The normalized spacial score (nSPS) is 10.4. The minimum Gasteiger partial charge on any atom is -0.294 e. The van der Waals surface area contributed by atoms with Crippen LogP contribution in [0.2, 0.25) is 0 Å². The number of Topliss-reactive ketones (excluding diaryl/α,β-unsaturated/α-hetero) is 1. The molecule has 4 heteroatoms. The topological polar surface area (TPSA) is 17.1 Å². The Bertz CT molecular complexity index is 521. The Hall–Kier alpha value is -0.200. The van der Waals surface area contributed by atoms with E-state index in [9.17, 15) is 4.79 Å². The molecule has 0 N–H and O–H groups in total. The summed E-state index contributed by atoms with van der Waals surface area (Å²) in [5.41, 5.74) is 0.813. The van der Waals surface area contributed by atoms with E-state index in [1.54, 1.807) is 11.3 Å². The minimum atomic E-state index is 0.180. The summed E-state index contributed by atoms with van der Waals surface area (Å²) >= 11 is 7.21. The fourth-order valence-electron chi connectivity index (χ4n) is 1.39. The van der Waals surface area contributed by atoms with Crippen LogP contribution < -0.4 is 0 Å². The zero-order valence-corrected chi connectivity index (χ0v) is 12.8. The molecular formula is C12H8BrIOS. The average Bonchev–Trinajstić information content (AvgIpc) is 2.64. The van der Waals surface area contributed by atoms with Gasteiger partial charge >= 0.3 is 0 Å². The van der Waals surface area contributed by atoms with E-state index in [1.807, 2.05) is 36.4 Å². The first-order valence-electron chi connectivity index (χ1n) is 4.69. The van der Waals surface area contributed by atoms with Crippen molar-refractivity contribution in [3.8, 4) is 0 Å². The molecule has 0 aliphatic rings. The highest BCUT2D eigenvalue weighted by atomic mass is 127. The van der Waals surface area contributed by atoms with Crippen molar-refractivity contribution in [2.75, 3.05) is 0 Å². The SMILES string of the molecule is O=C(Cc1ccc(Br)s1)c1ccccc1I. The zero-order chi connectivity index (χ0) is 11.5. The first-order valence-corrected chi connectivity index (χ1v) is 7.37. The Morgan fingerprint density at radius 1 is 1.25 bits per heavy atom. The predicted octanol–water partition coefficient (Wildman–Crippen LogP) is 4.54. The van der Waals surface area contributed by atoms with Gasteiger partial charge < -0.3 is 0 Å². The number of hydrogen-bond acceptors (Lipinski definition) is 2. The molecule has 0 aliphatic heterocycles. The van der Waals surface area contributed by atoms with Crippen molar-refractivity contribution in [1.29, 1.82) is 0 Å². The summed E-state index contributed by atoms with van der Waals surface area (Å²) in [7, 11) is 0. The van der Waals surface area contributed by atoms with Gasteiger partial charge in [-0.15, -0.1) is 11.3 Å². The van der Waals surface area contributed by atoms with Crippen molar-refractivity contribution in [3.63, 3.8) is 0 Å². The van der Waals surface area contributed by atoms with E-state index in [-0.39, 0.29) is 5.78 Å². The van der Waals surface area contributed by atoms with E-state index in [0.29, 0.717) is 6.42 Å². The van der Waals surface area contributed by atoms with Crippen molar-refractivity contribution in [2.24, 2.45) is 0 Å². The summed E-state index contributed by atoms with van der Waals surface area (Å²) in [6.07, 6.45) is 0.482. The molecule has 1 nitrogen and oxygen atoms in total. The van der Waals surface area contributed by atoms with Crippen molar-refractivity contribution in [2.45, 2.75) is 6.42 Å². The third kappa shape index (κ3) is 2.93. The quantitative estimate of drug-likeness (QED) is 0.540. The molecule has 0 amide bonds. The van der Waals surface area contributed by atoms with Gasteiger partial charge in [0.15, 0.2) is 5.78 Å². The molecule has 0 bridgehead atoms. The molecular weight excluding hydrogens is 399 g/mol. The van der Waals surface area contributed by atoms with Crippen LogP contribution in [0.15, 0.2) is 40.2 Å². The number of hydrogen-bond donors (Lipinski definition) is 0. The van der Waals surface area contributed by atoms with Crippen molar-refractivity contribution in [1.82, 2.24) is 0 Å². The molecule has 2 aromatic rings. The van der Waals surface area contributed by atoms with Gasteiger partial charge in [-0.1, -0.05) is 18.2 Å². The van der Waals surface area contributed by atoms with E-state index in [4.69, 9.17) is 0 Å². The second kappa shape index (κ2) is 5.42. The number of carbonyl (C=O) groups excluding carboxylic acids is 1. The number of rotatable bonds is 3.